The Morgan fingerprint density at radius 2 is 1.62 bits per heavy atom. The van der Waals surface area contributed by atoms with E-state index in [1.165, 1.54) is 0 Å². The summed E-state index contributed by atoms with van der Waals surface area (Å²) in [4.78, 5) is 39.5. The van der Waals surface area contributed by atoms with E-state index < -0.39 is 17.5 Å². The molecule has 6 nitrogen and oxygen atoms in total. The Kier molecular flexibility index (Phi) is 6.06. The van der Waals surface area contributed by atoms with Gasteiger partial charge in [-0.05, 0) is 18.1 Å². The Balaban J connectivity index is 2.03. The summed E-state index contributed by atoms with van der Waals surface area (Å²) in [6, 6.07) is 16.8. The highest BCUT2D eigenvalue weighted by Gasteiger charge is 2.39. The van der Waals surface area contributed by atoms with Crippen LogP contribution in [0.3, 0.4) is 0 Å². The molecule has 6 heteroatoms. The van der Waals surface area contributed by atoms with E-state index in [2.05, 4.69) is 5.32 Å². The van der Waals surface area contributed by atoms with Gasteiger partial charge in [0.15, 0.2) is 0 Å². The molecule has 0 saturated carbocycles. The lowest BCUT2D eigenvalue weighted by Crippen LogP contribution is -2.27. The summed E-state index contributed by atoms with van der Waals surface area (Å²) < 4.78 is 7.21. The van der Waals surface area contributed by atoms with Gasteiger partial charge in [0.05, 0.1) is 12.2 Å². The molecule has 3 aromatic rings. The van der Waals surface area contributed by atoms with Crippen LogP contribution in [-0.4, -0.2) is 34.8 Å². The maximum absolute atomic E-state index is 13.3. The summed E-state index contributed by atoms with van der Waals surface area (Å²) in [6.07, 6.45) is 0. The quantitative estimate of drug-likeness (QED) is 0.448. The van der Waals surface area contributed by atoms with Crippen LogP contribution in [0.1, 0.15) is 63.2 Å². The lowest BCUT2D eigenvalue weighted by atomic mass is 9.85. The highest BCUT2D eigenvalue weighted by Crippen LogP contribution is 2.40. The molecule has 0 unspecified atom stereocenters. The van der Waals surface area contributed by atoms with Gasteiger partial charge in [-0.2, -0.15) is 0 Å². The van der Waals surface area contributed by atoms with Crippen molar-refractivity contribution in [3.05, 3.63) is 82.7 Å². The number of nitrogens with zero attached hydrogens (tertiary/aromatic N) is 1. The zero-order valence-electron chi connectivity index (χ0n) is 18.5. The third-order valence-corrected chi connectivity index (χ3v) is 5.57. The lowest BCUT2D eigenvalue weighted by Gasteiger charge is -2.18. The molecule has 0 fully saturated rings. The molecule has 32 heavy (non-hydrogen) atoms. The van der Waals surface area contributed by atoms with Gasteiger partial charge in [-0.25, -0.2) is 4.79 Å². The highest BCUT2D eigenvalue weighted by molar-refractivity contribution is 6.53. The zero-order chi connectivity index (χ0) is 22.8. The van der Waals surface area contributed by atoms with Crippen molar-refractivity contribution in [2.75, 3.05) is 6.61 Å². The molecule has 2 aromatic carbocycles. The molecule has 4 rings (SSSR count). The summed E-state index contributed by atoms with van der Waals surface area (Å²) in [5.74, 6) is -1.65. The van der Waals surface area contributed by atoms with Gasteiger partial charge < -0.3 is 14.6 Å². The molecule has 0 radical (unpaired) electrons. The van der Waals surface area contributed by atoms with Crippen molar-refractivity contribution in [1.29, 1.82) is 0 Å². The van der Waals surface area contributed by atoms with E-state index in [0.29, 0.717) is 41.0 Å². The van der Waals surface area contributed by atoms with E-state index in [1.54, 1.807) is 31.2 Å². The number of carbonyl (C=O) groups excluding carboxylic acids is 3. The van der Waals surface area contributed by atoms with E-state index in [1.807, 2.05) is 48.7 Å². The van der Waals surface area contributed by atoms with Crippen molar-refractivity contribution in [2.45, 2.75) is 39.9 Å². The van der Waals surface area contributed by atoms with Crippen LogP contribution in [-0.2, 0) is 17.8 Å². The number of ketones is 2. The van der Waals surface area contributed by atoms with Crippen molar-refractivity contribution in [2.24, 2.45) is 0 Å². The molecule has 1 aromatic heterocycles. The molecule has 1 N–H and O–H groups in total. The van der Waals surface area contributed by atoms with Gasteiger partial charge in [0.1, 0.15) is 5.69 Å². The Morgan fingerprint density at radius 3 is 2.28 bits per heavy atom. The van der Waals surface area contributed by atoms with E-state index >= 15 is 0 Å². The standard InChI is InChI=1S/C26H26N2O4/c1-4-32-26(31)22-20(14-27-16(2)3)28(15-17-10-6-5-7-11-17)23-21(22)18-12-8-9-13-19(18)24(29)25(23)30/h5-13,16,27H,4,14-15H2,1-3H3. The largest absolute Gasteiger partial charge is 0.462 e. The SMILES string of the molecule is CCOC(=O)c1c2c(n(Cc3ccccc3)c1CNC(C)C)C(=O)C(=O)c1ccccc1-2. The number of esters is 1. The summed E-state index contributed by atoms with van der Waals surface area (Å²) in [5.41, 5.74) is 3.60. The lowest BCUT2D eigenvalue weighted by molar-refractivity contribution is 0.0525. The van der Waals surface area contributed by atoms with Gasteiger partial charge in [0, 0.05) is 36.0 Å². The number of rotatable bonds is 7. The number of aromatic nitrogens is 1. The first-order chi connectivity index (χ1) is 15.4. The highest BCUT2D eigenvalue weighted by atomic mass is 16.5. The topological polar surface area (TPSA) is 77.4 Å². The minimum Gasteiger partial charge on any atom is -0.462 e. The molecule has 0 aliphatic heterocycles. The molecular formula is C26H26N2O4. The average Bonchev–Trinajstić information content (AvgIpc) is 3.11. The summed E-state index contributed by atoms with van der Waals surface area (Å²) in [6.45, 7) is 6.70. The normalized spacial score (nSPS) is 12.6. The van der Waals surface area contributed by atoms with Crippen LogP contribution < -0.4 is 5.32 Å². The second-order valence-corrected chi connectivity index (χ2v) is 8.08. The molecule has 0 bridgehead atoms. The third kappa shape index (κ3) is 3.78. The average molecular weight is 431 g/mol. The fourth-order valence-corrected chi connectivity index (χ4v) is 4.14. The Labute approximate surface area is 187 Å². The predicted molar refractivity (Wildman–Crippen MR) is 122 cm³/mol. The van der Waals surface area contributed by atoms with E-state index in [4.69, 9.17) is 4.74 Å². The second-order valence-electron chi connectivity index (χ2n) is 8.08. The molecule has 1 aliphatic rings. The number of hydrogen-bond donors (Lipinski definition) is 1. The number of Topliss-reactive ketones (excluding diaryl/α,β-unsaturated/α-hetero) is 2. The van der Waals surface area contributed by atoms with Gasteiger partial charge in [-0.15, -0.1) is 0 Å². The van der Waals surface area contributed by atoms with Gasteiger partial charge in [0.25, 0.3) is 5.78 Å². The molecule has 0 amide bonds. The van der Waals surface area contributed by atoms with Crippen LogP contribution in [0.5, 0.6) is 0 Å². The monoisotopic (exact) mass is 430 g/mol. The van der Waals surface area contributed by atoms with Gasteiger partial charge in [-0.1, -0.05) is 68.4 Å². The van der Waals surface area contributed by atoms with E-state index in [-0.39, 0.29) is 18.3 Å². The minimum absolute atomic E-state index is 0.159. The number of benzene rings is 2. The Bertz CT molecular complexity index is 1190. The number of nitrogens with one attached hydrogen (secondary N) is 1. The van der Waals surface area contributed by atoms with Gasteiger partial charge in [0.2, 0.25) is 5.78 Å². The number of ether oxygens (including phenoxy) is 1. The van der Waals surface area contributed by atoms with Crippen LogP contribution >= 0.6 is 0 Å². The first-order valence-electron chi connectivity index (χ1n) is 10.8. The summed E-state index contributed by atoms with van der Waals surface area (Å²) in [5, 5.41) is 3.36. The third-order valence-electron chi connectivity index (χ3n) is 5.57. The summed E-state index contributed by atoms with van der Waals surface area (Å²) in [7, 11) is 0. The van der Waals surface area contributed by atoms with Crippen molar-refractivity contribution in [3.63, 3.8) is 0 Å². The smallest absolute Gasteiger partial charge is 0.340 e. The maximum atomic E-state index is 13.3. The minimum atomic E-state index is -0.601. The number of hydrogen-bond acceptors (Lipinski definition) is 5. The first-order valence-corrected chi connectivity index (χ1v) is 10.8. The molecule has 1 heterocycles. The number of fused-ring (bicyclic) bond motifs is 3. The van der Waals surface area contributed by atoms with Gasteiger partial charge >= 0.3 is 5.97 Å². The van der Waals surface area contributed by atoms with Crippen molar-refractivity contribution < 1.29 is 19.1 Å². The van der Waals surface area contributed by atoms with Crippen LogP contribution in [0, 0.1) is 0 Å². The molecule has 0 spiro atoms. The predicted octanol–water partition coefficient (Wildman–Crippen LogP) is 4.26. The molecule has 0 saturated heterocycles. The van der Waals surface area contributed by atoms with Crippen LogP contribution in [0.15, 0.2) is 54.6 Å². The summed E-state index contributed by atoms with van der Waals surface area (Å²) >= 11 is 0. The second kappa shape index (κ2) is 8.93. The zero-order valence-corrected chi connectivity index (χ0v) is 18.5. The van der Waals surface area contributed by atoms with Crippen molar-refractivity contribution in [3.8, 4) is 11.1 Å². The molecule has 164 valence electrons. The van der Waals surface area contributed by atoms with E-state index in [0.717, 1.165) is 5.56 Å². The van der Waals surface area contributed by atoms with Crippen LogP contribution in [0.4, 0.5) is 0 Å². The van der Waals surface area contributed by atoms with E-state index in [9.17, 15) is 14.4 Å². The fourth-order valence-electron chi connectivity index (χ4n) is 4.14. The van der Waals surface area contributed by atoms with Gasteiger partial charge in [-0.3, -0.25) is 9.59 Å². The van der Waals surface area contributed by atoms with Crippen LogP contribution in [0.2, 0.25) is 0 Å². The van der Waals surface area contributed by atoms with Crippen LogP contribution in [0.25, 0.3) is 11.1 Å². The first kappa shape index (κ1) is 21.7. The maximum Gasteiger partial charge on any atom is 0.340 e. The van der Waals surface area contributed by atoms with Crippen molar-refractivity contribution in [1.82, 2.24) is 9.88 Å². The molecule has 1 aliphatic carbocycles. The fraction of sp³-hybridized carbons (Fsp3) is 0.269. The van der Waals surface area contributed by atoms with Crippen molar-refractivity contribution >= 4 is 17.5 Å². The number of carbonyl (C=O) groups is 3. The molecular weight excluding hydrogens is 404 g/mol. The molecule has 0 atom stereocenters. The Hall–Kier alpha value is -3.51. The Morgan fingerprint density at radius 1 is 0.969 bits per heavy atom.